The Kier molecular flexibility index (Phi) is 5.02. The standard InChI is InChI=1S/C17H25N3O/c1-12(2)13(3)19-16(21)11-20-9-8-14-6-5-7-15(10-18-4)17(14)20/h5-9,12-13,18H,10-11H2,1-4H3,(H,19,21). The highest BCUT2D eigenvalue weighted by Gasteiger charge is 2.13. The summed E-state index contributed by atoms with van der Waals surface area (Å²) in [7, 11) is 1.93. The highest BCUT2D eigenvalue weighted by Crippen LogP contribution is 2.20. The predicted octanol–water partition coefficient (Wildman–Crippen LogP) is 2.52. The molecule has 1 atom stereocenters. The molecule has 0 bridgehead atoms. The van der Waals surface area contributed by atoms with Gasteiger partial charge in [0.2, 0.25) is 5.91 Å². The van der Waals surface area contributed by atoms with E-state index in [-0.39, 0.29) is 11.9 Å². The fraction of sp³-hybridized carbons (Fsp3) is 0.471. The van der Waals surface area contributed by atoms with Gasteiger partial charge in [0.25, 0.3) is 0 Å². The molecule has 0 radical (unpaired) electrons. The molecule has 1 aromatic carbocycles. The second-order valence-electron chi connectivity index (χ2n) is 5.93. The molecule has 4 heteroatoms. The summed E-state index contributed by atoms with van der Waals surface area (Å²) in [5.41, 5.74) is 2.35. The Morgan fingerprint density at radius 3 is 2.67 bits per heavy atom. The molecule has 1 heterocycles. The summed E-state index contributed by atoms with van der Waals surface area (Å²) in [4.78, 5) is 12.2. The van der Waals surface area contributed by atoms with Gasteiger partial charge >= 0.3 is 0 Å². The summed E-state index contributed by atoms with van der Waals surface area (Å²) in [6, 6.07) is 8.49. The van der Waals surface area contributed by atoms with Crippen molar-refractivity contribution in [2.45, 2.75) is 39.9 Å². The van der Waals surface area contributed by atoms with Gasteiger partial charge in [0, 0.05) is 18.8 Å². The highest BCUT2D eigenvalue weighted by molar-refractivity contribution is 5.85. The van der Waals surface area contributed by atoms with E-state index in [0.717, 1.165) is 12.1 Å². The summed E-state index contributed by atoms with van der Waals surface area (Å²) in [6.07, 6.45) is 1.99. The maximum absolute atomic E-state index is 12.2. The topological polar surface area (TPSA) is 46.1 Å². The molecule has 2 N–H and O–H groups in total. The number of carbonyl (C=O) groups excluding carboxylic acids is 1. The minimum atomic E-state index is 0.0629. The molecule has 1 amide bonds. The zero-order chi connectivity index (χ0) is 15.4. The van der Waals surface area contributed by atoms with Crippen molar-refractivity contribution in [1.29, 1.82) is 0 Å². The quantitative estimate of drug-likeness (QED) is 0.857. The minimum Gasteiger partial charge on any atom is -0.352 e. The largest absolute Gasteiger partial charge is 0.352 e. The van der Waals surface area contributed by atoms with E-state index in [4.69, 9.17) is 0 Å². The number of nitrogens with one attached hydrogen (secondary N) is 2. The Bertz CT molecular complexity index is 616. The first-order valence-electron chi connectivity index (χ1n) is 7.53. The SMILES string of the molecule is CNCc1cccc2ccn(CC(=O)NC(C)C(C)C)c12. The number of rotatable bonds is 6. The summed E-state index contributed by atoms with van der Waals surface area (Å²) < 4.78 is 2.03. The Morgan fingerprint density at radius 1 is 1.24 bits per heavy atom. The highest BCUT2D eigenvalue weighted by atomic mass is 16.2. The maximum Gasteiger partial charge on any atom is 0.240 e. The van der Waals surface area contributed by atoms with Gasteiger partial charge in [-0.3, -0.25) is 4.79 Å². The number of benzene rings is 1. The lowest BCUT2D eigenvalue weighted by atomic mass is 10.1. The summed E-state index contributed by atoms with van der Waals surface area (Å²) in [5.74, 6) is 0.503. The third-order valence-corrected chi connectivity index (χ3v) is 3.94. The average molecular weight is 287 g/mol. The van der Waals surface area contributed by atoms with Crippen LogP contribution in [0.4, 0.5) is 0 Å². The number of carbonyl (C=O) groups is 1. The Morgan fingerprint density at radius 2 is 2.00 bits per heavy atom. The maximum atomic E-state index is 12.2. The van der Waals surface area contributed by atoms with Crippen LogP contribution in [0.2, 0.25) is 0 Å². The molecule has 1 aromatic heterocycles. The van der Waals surface area contributed by atoms with Crippen LogP contribution in [-0.2, 0) is 17.9 Å². The van der Waals surface area contributed by atoms with Crippen molar-refractivity contribution in [3.63, 3.8) is 0 Å². The lowest BCUT2D eigenvalue weighted by Crippen LogP contribution is -2.38. The van der Waals surface area contributed by atoms with E-state index in [1.54, 1.807) is 0 Å². The van der Waals surface area contributed by atoms with Crippen LogP contribution in [0.5, 0.6) is 0 Å². The molecule has 4 nitrogen and oxygen atoms in total. The van der Waals surface area contributed by atoms with Gasteiger partial charge in [-0.15, -0.1) is 0 Å². The molecule has 114 valence electrons. The van der Waals surface area contributed by atoms with Crippen molar-refractivity contribution in [2.75, 3.05) is 7.05 Å². The lowest BCUT2D eigenvalue weighted by molar-refractivity contribution is -0.122. The monoisotopic (exact) mass is 287 g/mol. The van der Waals surface area contributed by atoms with E-state index >= 15 is 0 Å². The molecule has 21 heavy (non-hydrogen) atoms. The second kappa shape index (κ2) is 6.76. The van der Waals surface area contributed by atoms with Gasteiger partial charge < -0.3 is 15.2 Å². The van der Waals surface area contributed by atoms with E-state index in [0.29, 0.717) is 12.5 Å². The van der Waals surface area contributed by atoms with Crippen LogP contribution in [0.15, 0.2) is 30.5 Å². The smallest absolute Gasteiger partial charge is 0.240 e. The third kappa shape index (κ3) is 3.64. The third-order valence-electron chi connectivity index (χ3n) is 3.94. The first-order chi connectivity index (χ1) is 10.0. The molecule has 0 aliphatic rings. The number of para-hydroxylation sites is 1. The predicted molar refractivity (Wildman–Crippen MR) is 87.1 cm³/mol. The van der Waals surface area contributed by atoms with Gasteiger partial charge in [-0.2, -0.15) is 0 Å². The van der Waals surface area contributed by atoms with Crippen LogP contribution >= 0.6 is 0 Å². The molecule has 0 aliphatic carbocycles. The minimum absolute atomic E-state index is 0.0629. The summed E-state index contributed by atoms with van der Waals surface area (Å²) in [5, 5.41) is 7.41. The molecule has 0 saturated carbocycles. The zero-order valence-corrected chi connectivity index (χ0v) is 13.3. The second-order valence-corrected chi connectivity index (χ2v) is 5.93. The number of hydrogen-bond donors (Lipinski definition) is 2. The van der Waals surface area contributed by atoms with Gasteiger partial charge in [0.15, 0.2) is 0 Å². The van der Waals surface area contributed by atoms with Crippen molar-refractivity contribution in [3.8, 4) is 0 Å². The van der Waals surface area contributed by atoms with Crippen LogP contribution in [0.1, 0.15) is 26.3 Å². The van der Waals surface area contributed by atoms with Gasteiger partial charge in [0.05, 0.1) is 5.52 Å². The fourth-order valence-electron chi connectivity index (χ4n) is 2.43. The Hall–Kier alpha value is -1.81. The van der Waals surface area contributed by atoms with Gasteiger partial charge in [-0.05, 0) is 36.9 Å². The molecule has 2 rings (SSSR count). The lowest BCUT2D eigenvalue weighted by Gasteiger charge is -2.18. The Labute approximate surface area is 126 Å². The zero-order valence-electron chi connectivity index (χ0n) is 13.3. The van der Waals surface area contributed by atoms with Crippen LogP contribution < -0.4 is 10.6 Å². The molecular weight excluding hydrogens is 262 g/mol. The molecule has 0 aliphatic heterocycles. The van der Waals surface area contributed by atoms with E-state index in [1.165, 1.54) is 10.9 Å². The van der Waals surface area contributed by atoms with Gasteiger partial charge in [0.1, 0.15) is 6.54 Å². The van der Waals surface area contributed by atoms with Crippen molar-refractivity contribution >= 4 is 16.8 Å². The van der Waals surface area contributed by atoms with Gasteiger partial charge in [-0.25, -0.2) is 0 Å². The molecule has 0 fully saturated rings. The first kappa shape index (κ1) is 15.6. The number of hydrogen-bond acceptors (Lipinski definition) is 2. The van der Waals surface area contributed by atoms with Gasteiger partial charge in [-0.1, -0.05) is 32.0 Å². The first-order valence-corrected chi connectivity index (χ1v) is 7.53. The van der Waals surface area contributed by atoms with Crippen LogP contribution in [0, 0.1) is 5.92 Å². The van der Waals surface area contributed by atoms with Crippen LogP contribution in [0.25, 0.3) is 10.9 Å². The van der Waals surface area contributed by atoms with Crippen molar-refractivity contribution < 1.29 is 4.79 Å². The fourth-order valence-corrected chi connectivity index (χ4v) is 2.43. The molecule has 0 saturated heterocycles. The van der Waals surface area contributed by atoms with E-state index in [1.807, 2.05) is 24.7 Å². The molecular formula is C17H25N3O. The van der Waals surface area contributed by atoms with E-state index < -0.39 is 0 Å². The average Bonchev–Trinajstić information content (AvgIpc) is 2.83. The Balaban J connectivity index is 2.20. The summed E-state index contributed by atoms with van der Waals surface area (Å²) in [6.45, 7) is 7.43. The number of nitrogens with zero attached hydrogens (tertiary/aromatic N) is 1. The normalized spacial score (nSPS) is 12.8. The van der Waals surface area contributed by atoms with E-state index in [2.05, 4.69) is 48.7 Å². The number of aromatic nitrogens is 1. The summed E-state index contributed by atoms with van der Waals surface area (Å²) >= 11 is 0. The van der Waals surface area contributed by atoms with Crippen molar-refractivity contribution in [2.24, 2.45) is 5.92 Å². The number of amides is 1. The van der Waals surface area contributed by atoms with E-state index in [9.17, 15) is 4.79 Å². The van der Waals surface area contributed by atoms with Crippen molar-refractivity contribution in [3.05, 3.63) is 36.0 Å². The molecule has 1 unspecified atom stereocenters. The number of fused-ring (bicyclic) bond motifs is 1. The van der Waals surface area contributed by atoms with Crippen LogP contribution in [-0.4, -0.2) is 23.6 Å². The molecule has 0 spiro atoms. The van der Waals surface area contributed by atoms with Crippen molar-refractivity contribution in [1.82, 2.24) is 15.2 Å². The van der Waals surface area contributed by atoms with Crippen LogP contribution in [0.3, 0.4) is 0 Å². The molecule has 2 aromatic rings.